The molecule has 2 amide bonds. The van der Waals surface area contributed by atoms with Gasteiger partial charge in [-0.05, 0) is 63.0 Å². The maximum absolute atomic E-state index is 12.4. The summed E-state index contributed by atoms with van der Waals surface area (Å²) in [6.07, 6.45) is 3.42. The molecule has 1 aliphatic heterocycles. The van der Waals surface area contributed by atoms with E-state index in [1.807, 2.05) is 37.3 Å². The zero-order valence-electron chi connectivity index (χ0n) is 17.7. The third kappa shape index (κ3) is 6.32. The number of likely N-dealkylation sites (tertiary alicyclic amines) is 1. The minimum absolute atomic E-state index is 0.0344. The summed E-state index contributed by atoms with van der Waals surface area (Å²) in [7, 11) is 0. The van der Waals surface area contributed by atoms with Crippen molar-refractivity contribution in [2.24, 2.45) is 0 Å². The topological polar surface area (TPSA) is 70.7 Å². The standard InChI is InChI=1S/C24H31N3O3/c1-2-30-22-13-6-4-11-20(22)24(29)25-15-9-14-23(28)26-21-12-5-3-10-19(21)18-27-16-7-8-17-27/h3-6,10-13H,2,7-9,14-18H2,1H3,(H,25,29)(H,26,28). The number of amides is 2. The molecule has 1 heterocycles. The van der Waals surface area contributed by atoms with Crippen LogP contribution in [0.3, 0.4) is 0 Å². The van der Waals surface area contributed by atoms with E-state index in [-0.39, 0.29) is 11.8 Å². The monoisotopic (exact) mass is 409 g/mol. The predicted octanol–water partition coefficient (Wildman–Crippen LogP) is 3.83. The molecule has 6 nitrogen and oxygen atoms in total. The predicted molar refractivity (Wildman–Crippen MR) is 119 cm³/mol. The van der Waals surface area contributed by atoms with Gasteiger partial charge in [0.2, 0.25) is 5.91 Å². The highest BCUT2D eigenvalue weighted by Crippen LogP contribution is 2.20. The summed E-state index contributed by atoms with van der Waals surface area (Å²) >= 11 is 0. The van der Waals surface area contributed by atoms with Crippen LogP contribution in [0.1, 0.15) is 48.5 Å². The molecular formula is C24H31N3O3. The molecule has 1 saturated heterocycles. The van der Waals surface area contributed by atoms with Crippen molar-refractivity contribution in [2.45, 2.75) is 39.2 Å². The molecule has 1 aliphatic rings. The molecule has 30 heavy (non-hydrogen) atoms. The summed E-state index contributed by atoms with van der Waals surface area (Å²) in [5.74, 6) is 0.355. The SMILES string of the molecule is CCOc1ccccc1C(=O)NCCCC(=O)Nc1ccccc1CN1CCCC1. The van der Waals surface area contributed by atoms with Gasteiger partial charge in [-0.15, -0.1) is 0 Å². The maximum Gasteiger partial charge on any atom is 0.255 e. The Hall–Kier alpha value is -2.86. The van der Waals surface area contributed by atoms with Crippen molar-refractivity contribution in [2.75, 3.05) is 31.6 Å². The van der Waals surface area contributed by atoms with Gasteiger partial charge in [-0.3, -0.25) is 14.5 Å². The van der Waals surface area contributed by atoms with E-state index in [0.717, 1.165) is 30.9 Å². The molecule has 0 atom stereocenters. The van der Waals surface area contributed by atoms with E-state index < -0.39 is 0 Å². The molecule has 0 aliphatic carbocycles. The van der Waals surface area contributed by atoms with E-state index >= 15 is 0 Å². The van der Waals surface area contributed by atoms with Crippen molar-refractivity contribution >= 4 is 17.5 Å². The van der Waals surface area contributed by atoms with Crippen LogP contribution in [0, 0.1) is 0 Å². The van der Waals surface area contributed by atoms with Gasteiger partial charge < -0.3 is 15.4 Å². The molecule has 0 radical (unpaired) electrons. The van der Waals surface area contributed by atoms with E-state index in [0.29, 0.717) is 37.3 Å². The fourth-order valence-electron chi connectivity index (χ4n) is 3.66. The van der Waals surface area contributed by atoms with E-state index in [1.165, 1.54) is 12.8 Å². The number of hydrogen-bond acceptors (Lipinski definition) is 4. The van der Waals surface area contributed by atoms with Crippen molar-refractivity contribution in [1.82, 2.24) is 10.2 Å². The molecule has 0 spiro atoms. The lowest BCUT2D eigenvalue weighted by molar-refractivity contribution is -0.116. The molecule has 0 bridgehead atoms. The Balaban J connectivity index is 1.44. The van der Waals surface area contributed by atoms with Crippen LogP contribution in [-0.2, 0) is 11.3 Å². The van der Waals surface area contributed by atoms with Crippen molar-refractivity contribution < 1.29 is 14.3 Å². The number of rotatable bonds is 10. The smallest absolute Gasteiger partial charge is 0.255 e. The number of carbonyl (C=O) groups excluding carboxylic acids is 2. The van der Waals surface area contributed by atoms with Crippen LogP contribution in [0.15, 0.2) is 48.5 Å². The minimum atomic E-state index is -0.185. The molecule has 0 aromatic heterocycles. The number of hydrogen-bond donors (Lipinski definition) is 2. The number of para-hydroxylation sites is 2. The van der Waals surface area contributed by atoms with Crippen LogP contribution in [0.4, 0.5) is 5.69 Å². The Morgan fingerprint density at radius 3 is 2.57 bits per heavy atom. The third-order valence-corrected chi connectivity index (χ3v) is 5.18. The zero-order valence-corrected chi connectivity index (χ0v) is 17.7. The van der Waals surface area contributed by atoms with Gasteiger partial charge in [-0.25, -0.2) is 0 Å². The number of benzene rings is 2. The van der Waals surface area contributed by atoms with Gasteiger partial charge in [0.1, 0.15) is 5.75 Å². The number of carbonyl (C=O) groups is 2. The normalized spacial score (nSPS) is 13.8. The quantitative estimate of drug-likeness (QED) is 0.585. The average Bonchev–Trinajstić information content (AvgIpc) is 3.26. The first-order valence-electron chi connectivity index (χ1n) is 10.8. The fraction of sp³-hybridized carbons (Fsp3) is 0.417. The second-order valence-electron chi connectivity index (χ2n) is 7.48. The fourth-order valence-corrected chi connectivity index (χ4v) is 3.66. The zero-order chi connectivity index (χ0) is 21.2. The average molecular weight is 410 g/mol. The van der Waals surface area contributed by atoms with Crippen molar-refractivity contribution in [1.29, 1.82) is 0 Å². The van der Waals surface area contributed by atoms with Crippen molar-refractivity contribution in [3.8, 4) is 5.75 Å². The summed E-state index contributed by atoms with van der Waals surface area (Å²) in [5, 5.41) is 5.90. The third-order valence-electron chi connectivity index (χ3n) is 5.18. The second kappa shape index (κ2) is 11.4. The highest BCUT2D eigenvalue weighted by molar-refractivity contribution is 5.97. The summed E-state index contributed by atoms with van der Waals surface area (Å²) in [6, 6.07) is 15.2. The van der Waals surface area contributed by atoms with Gasteiger partial charge in [0.25, 0.3) is 5.91 Å². The number of nitrogens with zero attached hydrogens (tertiary/aromatic N) is 1. The summed E-state index contributed by atoms with van der Waals surface area (Å²) in [4.78, 5) is 27.2. The summed E-state index contributed by atoms with van der Waals surface area (Å²) in [5.41, 5.74) is 2.54. The molecular weight excluding hydrogens is 378 g/mol. The Kier molecular flexibility index (Phi) is 8.27. The molecule has 0 saturated carbocycles. The first-order valence-corrected chi connectivity index (χ1v) is 10.8. The molecule has 3 rings (SSSR count). The molecule has 2 aromatic rings. The first-order chi connectivity index (χ1) is 14.7. The first kappa shape index (κ1) is 21.8. The largest absolute Gasteiger partial charge is 0.493 e. The molecule has 0 unspecified atom stereocenters. The Labute approximate surface area is 178 Å². The Morgan fingerprint density at radius 2 is 1.77 bits per heavy atom. The van der Waals surface area contributed by atoms with Crippen LogP contribution in [0.25, 0.3) is 0 Å². The van der Waals surface area contributed by atoms with Gasteiger partial charge in [-0.1, -0.05) is 30.3 Å². The van der Waals surface area contributed by atoms with Crippen LogP contribution < -0.4 is 15.4 Å². The number of nitrogens with one attached hydrogen (secondary N) is 2. The van der Waals surface area contributed by atoms with Crippen LogP contribution in [0.2, 0.25) is 0 Å². The van der Waals surface area contributed by atoms with Gasteiger partial charge >= 0.3 is 0 Å². The lowest BCUT2D eigenvalue weighted by Gasteiger charge is -2.18. The van der Waals surface area contributed by atoms with E-state index in [1.54, 1.807) is 12.1 Å². The lowest BCUT2D eigenvalue weighted by Crippen LogP contribution is -2.26. The summed E-state index contributed by atoms with van der Waals surface area (Å²) in [6.45, 7) is 5.93. The van der Waals surface area contributed by atoms with Gasteiger partial charge in [-0.2, -0.15) is 0 Å². The molecule has 2 N–H and O–H groups in total. The van der Waals surface area contributed by atoms with Crippen LogP contribution in [0.5, 0.6) is 5.75 Å². The van der Waals surface area contributed by atoms with Crippen LogP contribution >= 0.6 is 0 Å². The van der Waals surface area contributed by atoms with Gasteiger partial charge in [0.05, 0.1) is 12.2 Å². The lowest BCUT2D eigenvalue weighted by atomic mass is 10.1. The second-order valence-corrected chi connectivity index (χ2v) is 7.48. The molecule has 1 fully saturated rings. The van der Waals surface area contributed by atoms with Crippen molar-refractivity contribution in [3.05, 3.63) is 59.7 Å². The highest BCUT2D eigenvalue weighted by Gasteiger charge is 2.15. The molecule has 6 heteroatoms. The van der Waals surface area contributed by atoms with E-state index in [2.05, 4.69) is 21.6 Å². The van der Waals surface area contributed by atoms with Gasteiger partial charge in [0.15, 0.2) is 0 Å². The Bertz CT molecular complexity index is 847. The van der Waals surface area contributed by atoms with Crippen molar-refractivity contribution in [3.63, 3.8) is 0 Å². The highest BCUT2D eigenvalue weighted by atomic mass is 16.5. The Morgan fingerprint density at radius 1 is 1.03 bits per heavy atom. The molecule has 2 aromatic carbocycles. The summed E-state index contributed by atoms with van der Waals surface area (Å²) < 4.78 is 5.50. The van der Waals surface area contributed by atoms with Crippen LogP contribution in [-0.4, -0.2) is 43.0 Å². The van der Waals surface area contributed by atoms with E-state index in [4.69, 9.17) is 4.74 Å². The van der Waals surface area contributed by atoms with Gasteiger partial charge in [0, 0.05) is 25.2 Å². The van der Waals surface area contributed by atoms with E-state index in [9.17, 15) is 9.59 Å². The maximum atomic E-state index is 12.4. The molecule has 160 valence electrons. The number of anilines is 1. The minimum Gasteiger partial charge on any atom is -0.493 e. The number of ether oxygens (including phenoxy) is 1.